The number of hydrogen-bond acceptors (Lipinski definition) is 8. The van der Waals surface area contributed by atoms with Gasteiger partial charge in [0.25, 0.3) is 0 Å². The van der Waals surface area contributed by atoms with Crippen LogP contribution in [0.1, 0.15) is 117 Å². The second-order valence-corrected chi connectivity index (χ2v) is 13.5. The third-order valence-electron chi connectivity index (χ3n) is 7.15. The van der Waals surface area contributed by atoms with Gasteiger partial charge in [0.05, 0.1) is 13.2 Å². The highest BCUT2D eigenvalue weighted by atomic mass is 31.2. The van der Waals surface area contributed by atoms with Gasteiger partial charge in [0, 0.05) is 19.4 Å². The average molecular weight is 758 g/mol. The Morgan fingerprint density at radius 2 is 0.981 bits per heavy atom. The summed E-state index contributed by atoms with van der Waals surface area (Å²) in [5.41, 5.74) is 5.33. The van der Waals surface area contributed by atoms with Crippen molar-refractivity contribution in [2.75, 3.05) is 26.4 Å². The number of carbonyl (C=O) groups is 2. The number of carbonyl (C=O) groups excluding carboxylic acids is 2. The highest BCUT2D eigenvalue weighted by Gasteiger charge is 2.25. The maximum atomic E-state index is 12.5. The van der Waals surface area contributed by atoms with E-state index in [0.717, 1.165) is 70.6 Å². The highest BCUT2D eigenvalue weighted by Crippen LogP contribution is 2.43. The van der Waals surface area contributed by atoms with Gasteiger partial charge in [-0.2, -0.15) is 0 Å². The van der Waals surface area contributed by atoms with Crippen LogP contribution in [-0.4, -0.2) is 49.3 Å². The normalized spacial score (nSPS) is 14.6. The summed E-state index contributed by atoms with van der Waals surface area (Å²) in [6.07, 6.45) is 49.9. The molecule has 0 aliphatic carbocycles. The van der Waals surface area contributed by atoms with Crippen LogP contribution in [0.5, 0.6) is 0 Å². The third kappa shape index (κ3) is 38.2. The van der Waals surface area contributed by atoms with Gasteiger partial charge >= 0.3 is 19.8 Å². The summed E-state index contributed by atoms with van der Waals surface area (Å²) < 4.78 is 32.6. The van der Waals surface area contributed by atoms with Gasteiger partial charge in [-0.3, -0.25) is 18.6 Å². The van der Waals surface area contributed by atoms with Crippen LogP contribution in [-0.2, 0) is 32.7 Å². The molecule has 0 saturated carbocycles. The van der Waals surface area contributed by atoms with Crippen molar-refractivity contribution in [3.05, 3.63) is 109 Å². The van der Waals surface area contributed by atoms with Crippen molar-refractivity contribution in [3.8, 4) is 0 Å². The minimum absolute atomic E-state index is 0.0319. The number of phosphoric ester groups is 1. The van der Waals surface area contributed by atoms with Crippen molar-refractivity contribution in [1.82, 2.24) is 0 Å². The van der Waals surface area contributed by atoms with Gasteiger partial charge in [0.15, 0.2) is 6.10 Å². The zero-order valence-electron chi connectivity index (χ0n) is 32.4. The zero-order chi connectivity index (χ0) is 38.9. The predicted octanol–water partition coefficient (Wildman–Crippen LogP) is 10.8. The molecule has 10 heteroatoms. The van der Waals surface area contributed by atoms with E-state index in [1.165, 1.54) is 0 Å². The molecule has 0 saturated heterocycles. The number of hydrogen-bond donors (Lipinski definition) is 2. The van der Waals surface area contributed by atoms with Crippen molar-refractivity contribution in [2.45, 2.75) is 123 Å². The summed E-state index contributed by atoms with van der Waals surface area (Å²) in [6.45, 7) is 3.34. The van der Waals surface area contributed by atoms with Crippen LogP contribution in [0.2, 0.25) is 0 Å². The molecule has 0 aromatic heterocycles. The Labute approximate surface area is 320 Å². The predicted molar refractivity (Wildman–Crippen MR) is 219 cm³/mol. The second-order valence-electron chi connectivity index (χ2n) is 12.0. The topological polar surface area (TPSA) is 134 Å². The van der Waals surface area contributed by atoms with Crippen LogP contribution in [0.25, 0.3) is 0 Å². The molecule has 3 N–H and O–H groups in total. The maximum absolute atomic E-state index is 12.5. The molecule has 0 fully saturated rings. The molecule has 0 aliphatic heterocycles. The Morgan fingerprint density at radius 3 is 1.43 bits per heavy atom. The number of esters is 2. The number of allylic oxidation sites excluding steroid dienone is 18. The lowest BCUT2D eigenvalue weighted by molar-refractivity contribution is -0.161. The van der Waals surface area contributed by atoms with Gasteiger partial charge in [0.2, 0.25) is 0 Å². The number of nitrogens with two attached hydrogens (primary N) is 1. The molecule has 0 spiro atoms. The molecule has 9 nitrogen and oxygen atoms in total. The lowest BCUT2D eigenvalue weighted by Gasteiger charge is -2.19. The van der Waals surface area contributed by atoms with E-state index in [1.807, 2.05) is 6.08 Å². The molecule has 0 aromatic rings. The second kappa shape index (κ2) is 38.4. The molecule has 1 unspecified atom stereocenters. The summed E-state index contributed by atoms with van der Waals surface area (Å²) in [5.74, 6) is -0.961. The molecule has 0 aliphatic rings. The summed E-state index contributed by atoms with van der Waals surface area (Å²) >= 11 is 0. The van der Waals surface area contributed by atoms with Crippen LogP contribution in [0, 0.1) is 0 Å². The first-order chi connectivity index (χ1) is 25.8. The summed E-state index contributed by atoms with van der Waals surface area (Å²) in [7, 11) is -4.41. The minimum Gasteiger partial charge on any atom is -0.462 e. The first kappa shape index (κ1) is 49.7. The van der Waals surface area contributed by atoms with Crippen molar-refractivity contribution in [3.63, 3.8) is 0 Å². The van der Waals surface area contributed by atoms with Gasteiger partial charge in [-0.15, -0.1) is 0 Å². The van der Waals surface area contributed by atoms with Crippen molar-refractivity contribution in [1.29, 1.82) is 0 Å². The molecular formula is C43H68NO8P. The van der Waals surface area contributed by atoms with E-state index >= 15 is 0 Å². The largest absolute Gasteiger partial charge is 0.472 e. The Balaban J connectivity index is 4.42. The van der Waals surface area contributed by atoms with Crippen molar-refractivity contribution >= 4 is 19.8 Å². The van der Waals surface area contributed by atoms with E-state index in [1.54, 1.807) is 0 Å². The molecule has 298 valence electrons. The average Bonchev–Trinajstić information content (AvgIpc) is 3.14. The fourth-order valence-corrected chi connectivity index (χ4v) is 5.13. The van der Waals surface area contributed by atoms with Crippen molar-refractivity contribution in [2.24, 2.45) is 5.73 Å². The van der Waals surface area contributed by atoms with Gasteiger partial charge in [-0.1, -0.05) is 123 Å². The standard InChI is InChI=1S/C43H68NO8P/c1-3-5-7-9-11-13-15-17-19-20-22-24-26-28-30-32-34-36-43(46)52-41(40-51-53(47,48)50-38-37-44)39-49-42(45)35-33-31-29-27-25-23-21-18-16-14-12-10-8-6-4-2/h5-8,11-14,17-19,21-22,24-25,27-28,30,41H,3-4,9-10,15-16,20,23,26,29,31-40,44H2,1-2H3,(H,47,48)/b7-5-,8-6-,13-11-,14-12-,19-17-,21-18-,24-22-,27-25-,30-28-/t41-/m1/s1. The SMILES string of the molecule is CC/C=C\C/C=C\C/C=C\C/C=C\C/C=C\CCCC(=O)O[C@H](COC(=O)CCCC/C=C\C/C=C\C/C=C\C/C=C\CC)COP(=O)(O)OCCN. The van der Waals surface area contributed by atoms with E-state index in [4.69, 9.17) is 24.3 Å². The quantitative estimate of drug-likeness (QED) is 0.0285. The van der Waals surface area contributed by atoms with E-state index in [2.05, 4.69) is 117 Å². The van der Waals surface area contributed by atoms with Gasteiger partial charge < -0.3 is 20.1 Å². The highest BCUT2D eigenvalue weighted by molar-refractivity contribution is 7.47. The van der Waals surface area contributed by atoms with Crippen LogP contribution >= 0.6 is 7.82 Å². The number of phosphoric acid groups is 1. The van der Waals surface area contributed by atoms with Crippen LogP contribution in [0.4, 0.5) is 0 Å². The molecule has 0 heterocycles. The molecule has 53 heavy (non-hydrogen) atoms. The first-order valence-corrected chi connectivity index (χ1v) is 20.9. The summed E-state index contributed by atoms with van der Waals surface area (Å²) in [6, 6.07) is 0. The smallest absolute Gasteiger partial charge is 0.462 e. The lowest BCUT2D eigenvalue weighted by Crippen LogP contribution is -2.29. The molecule has 0 amide bonds. The van der Waals surface area contributed by atoms with E-state index in [0.29, 0.717) is 19.3 Å². The lowest BCUT2D eigenvalue weighted by atomic mass is 10.2. The molecular weight excluding hydrogens is 689 g/mol. The van der Waals surface area contributed by atoms with Gasteiger partial charge in [0.1, 0.15) is 6.61 Å². The first-order valence-electron chi connectivity index (χ1n) is 19.4. The van der Waals surface area contributed by atoms with E-state index in [-0.39, 0.29) is 32.6 Å². The van der Waals surface area contributed by atoms with E-state index < -0.39 is 32.5 Å². The Hall–Kier alpha value is -3.33. The fraction of sp³-hybridized carbons (Fsp3) is 0.535. The Morgan fingerprint density at radius 1 is 0.566 bits per heavy atom. The molecule has 0 radical (unpaired) electrons. The maximum Gasteiger partial charge on any atom is 0.472 e. The third-order valence-corrected chi connectivity index (χ3v) is 8.14. The molecule has 0 rings (SSSR count). The van der Waals surface area contributed by atoms with Crippen molar-refractivity contribution < 1.29 is 37.6 Å². The zero-order valence-corrected chi connectivity index (χ0v) is 33.3. The molecule has 0 aromatic carbocycles. The summed E-state index contributed by atoms with van der Waals surface area (Å²) in [5, 5.41) is 0. The molecule has 0 bridgehead atoms. The minimum atomic E-state index is -4.41. The number of ether oxygens (including phenoxy) is 2. The van der Waals surface area contributed by atoms with Crippen LogP contribution in [0.15, 0.2) is 109 Å². The van der Waals surface area contributed by atoms with Crippen LogP contribution in [0.3, 0.4) is 0 Å². The van der Waals surface area contributed by atoms with Crippen LogP contribution < -0.4 is 5.73 Å². The Kier molecular flexibility index (Phi) is 36.0. The fourth-order valence-electron chi connectivity index (χ4n) is 4.36. The van der Waals surface area contributed by atoms with Gasteiger partial charge in [-0.25, -0.2) is 4.57 Å². The summed E-state index contributed by atoms with van der Waals surface area (Å²) in [4.78, 5) is 34.7. The van der Waals surface area contributed by atoms with Gasteiger partial charge in [-0.05, 0) is 89.9 Å². The number of rotatable bonds is 34. The van der Waals surface area contributed by atoms with E-state index in [9.17, 15) is 19.0 Å². The Bertz CT molecular complexity index is 1230. The monoisotopic (exact) mass is 757 g/mol. The number of unbranched alkanes of at least 4 members (excludes halogenated alkanes) is 3. The molecule has 2 atom stereocenters.